The third kappa shape index (κ3) is 5.77. The van der Waals surface area contributed by atoms with Gasteiger partial charge in [-0.2, -0.15) is 5.26 Å². The van der Waals surface area contributed by atoms with Crippen molar-refractivity contribution < 1.29 is 4.79 Å². The van der Waals surface area contributed by atoms with Gasteiger partial charge in [0.05, 0.1) is 22.6 Å². The molecule has 2 aromatic rings. The van der Waals surface area contributed by atoms with Crippen LogP contribution in [0, 0.1) is 11.3 Å². The standard InChI is InChI=1S/C25H28N4OS/c1-3-4-5-9-16-31-25-21(17-26)23(19-12-14-27-15-13-19)22(18(2)28-25)24(30)29-20-10-7-6-8-11-20/h6-8,10-15,23,28H,3-5,9,16H2,1-2H3,(H,29,30). The van der Waals surface area contributed by atoms with E-state index in [-0.39, 0.29) is 5.91 Å². The van der Waals surface area contributed by atoms with Crippen LogP contribution < -0.4 is 10.6 Å². The van der Waals surface area contributed by atoms with Crippen molar-refractivity contribution >= 4 is 23.4 Å². The Morgan fingerprint density at radius 1 is 1.16 bits per heavy atom. The van der Waals surface area contributed by atoms with Gasteiger partial charge in [-0.1, -0.05) is 44.4 Å². The van der Waals surface area contributed by atoms with E-state index in [1.807, 2.05) is 49.4 Å². The Labute approximate surface area is 188 Å². The van der Waals surface area contributed by atoms with Crippen LogP contribution >= 0.6 is 11.8 Å². The second kappa shape index (κ2) is 11.4. The van der Waals surface area contributed by atoms with Gasteiger partial charge in [0.15, 0.2) is 0 Å². The number of para-hydroxylation sites is 1. The highest BCUT2D eigenvalue weighted by Crippen LogP contribution is 2.40. The first kappa shape index (κ1) is 22.6. The zero-order valence-electron chi connectivity index (χ0n) is 18.0. The topological polar surface area (TPSA) is 77.8 Å². The lowest BCUT2D eigenvalue weighted by molar-refractivity contribution is -0.113. The Hall–Kier alpha value is -3.04. The van der Waals surface area contributed by atoms with Gasteiger partial charge in [-0.25, -0.2) is 0 Å². The van der Waals surface area contributed by atoms with Gasteiger partial charge in [-0.15, -0.1) is 11.8 Å². The summed E-state index contributed by atoms with van der Waals surface area (Å²) in [5.41, 5.74) is 3.51. The van der Waals surface area contributed by atoms with Crippen molar-refractivity contribution in [2.45, 2.75) is 45.4 Å². The largest absolute Gasteiger partial charge is 0.353 e. The first-order valence-corrected chi connectivity index (χ1v) is 11.7. The lowest BCUT2D eigenvalue weighted by Crippen LogP contribution is -2.30. The molecule has 0 aliphatic carbocycles. The molecule has 0 bridgehead atoms. The summed E-state index contributed by atoms with van der Waals surface area (Å²) < 4.78 is 0. The molecule has 1 aromatic carbocycles. The summed E-state index contributed by atoms with van der Waals surface area (Å²) in [6.07, 6.45) is 8.11. The van der Waals surface area contributed by atoms with E-state index in [9.17, 15) is 10.1 Å². The van der Waals surface area contributed by atoms with Crippen molar-refractivity contribution in [2.75, 3.05) is 11.1 Å². The predicted octanol–water partition coefficient (Wildman–Crippen LogP) is 5.73. The minimum atomic E-state index is -0.434. The van der Waals surface area contributed by atoms with E-state index >= 15 is 0 Å². The zero-order valence-corrected chi connectivity index (χ0v) is 18.8. The van der Waals surface area contributed by atoms with E-state index < -0.39 is 5.92 Å². The minimum Gasteiger partial charge on any atom is -0.353 e. The lowest BCUT2D eigenvalue weighted by atomic mass is 9.82. The number of dihydropyridines is 1. The number of hydrogen-bond donors (Lipinski definition) is 2. The number of nitrogens with zero attached hydrogens (tertiary/aromatic N) is 2. The zero-order chi connectivity index (χ0) is 22.1. The van der Waals surface area contributed by atoms with Crippen LogP contribution in [0.4, 0.5) is 5.69 Å². The van der Waals surface area contributed by atoms with Gasteiger partial charge >= 0.3 is 0 Å². The van der Waals surface area contributed by atoms with Gasteiger partial charge in [-0.3, -0.25) is 9.78 Å². The van der Waals surface area contributed by atoms with Gasteiger partial charge in [0.1, 0.15) is 0 Å². The van der Waals surface area contributed by atoms with Gasteiger partial charge in [0.2, 0.25) is 0 Å². The number of pyridine rings is 1. The van der Waals surface area contributed by atoms with Crippen molar-refractivity contribution in [2.24, 2.45) is 0 Å². The van der Waals surface area contributed by atoms with Crippen LogP contribution in [-0.4, -0.2) is 16.6 Å². The predicted molar refractivity (Wildman–Crippen MR) is 127 cm³/mol. The van der Waals surface area contributed by atoms with Gasteiger partial charge in [-0.05, 0) is 48.9 Å². The Bertz CT molecular complexity index is 993. The molecule has 1 aromatic heterocycles. The highest BCUT2D eigenvalue weighted by atomic mass is 32.2. The SMILES string of the molecule is CCCCCCSC1=C(C#N)C(c2ccncc2)C(C(=O)Nc2ccccc2)=C(C)N1. The first-order chi connectivity index (χ1) is 15.2. The second-order valence-corrected chi connectivity index (χ2v) is 8.57. The molecule has 1 unspecified atom stereocenters. The van der Waals surface area contributed by atoms with E-state index in [1.54, 1.807) is 24.2 Å². The monoisotopic (exact) mass is 432 g/mol. The number of nitrogens with one attached hydrogen (secondary N) is 2. The number of carbonyl (C=O) groups excluding carboxylic acids is 1. The second-order valence-electron chi connectivity index (χ2n) is 7.46. The number of allylic oxidation sites excluding steroid dienone is 2. The van der Waals surface area contributed by atoms with Crippen LogP contribution in [0.1, 0.15) is 51.0 Å². The molecule has 160 valence electrons. The maximum absolute atomic E-state index is 13.3. The van der Waals surface area contributed by atoms with Gasteiger partial charge in [0, 0.05) is 29.4 Å². The number of unbranched alkanes of at least 4 members (excludes halogenated alkanes) is 3. The van der Waals surface area contributed by atoms with Crippen molar-refractivity contribution in [3.8, 4) is 6.07 Å². The maximum Gasteiger partial charge on any atom is 0.254 e. The summed E-state index contributed by atoms with van der Waals surface area (Å²) in [6, 6.07) is 15.5. The molecule has 0 fully saturated rings. The fraction of sp³-hybridized carbons (Fsp3) is 0.320. The van der Waals surface area contributed by atoms with Crippen LogP contribution in [0.5, 0.6) is 0 Å². The number of nitriles is 1. The molecule has 31 heavy (non-hydrogen) atoms. The maximum atomic E-state index is 13.3. The molecule has 0 saturated heterocycles. The van der Waals surface area contributed by atoms with Crippen LogP contribution in [-0.2, 0) is 4.79 Å². The number of anilines is 1. The quantitative estimate of drug-likeness (QED) is 0.495. The van der Waals surface area contributed by atoms with Crippen LogP contribution in [0.15, 0.2) is 76.7 Å². The summed E-state index contributed by atoms with van der Waals surface area (Å²) >= 11 is 1.66. The molecule has 2 N–H and O–H groups in total. The van der Waals surface area contributed by atoms with Gasteiger partial charge in [0.25, 0.3) is 5.91 Å². The van der Waals surface area contributed by atoms with Crippen LogP contribution in [0.3, 0.4) is 0 Å². The molecule has 1 aliphatic rings. The molecule has 1 aliphatic heterocycles. The first-order valence-electron chi connectivity index (χ1n) is 10.7. The van der Waals surface area contributed by atoms with E-state index in [0.717, 1.165) is 34.2 Å². The molecule has 5 nitrogen and oxygen atoms in total. The van der Waals surface area contributed by atoms with E-state index in [4.69, 9.17) is 0 Å². The lowest BCUT2D eigenvalue weighted by Gasteiger charge is -2.29. The number of carbonyl (C=O) groups is 1. The molecule has 0 radical (unpaired) electrons. The highest BCUT2D eigenvalue weighted by molar-refractivity contribution is 8.03. The molecule has 0 saturated carbocycles. The molecule has 1 atom stereocenters. The molecule has 0 spiro atoms. The summed E-state index contributed by atoms with van der Waals surface area (Å²) in [7, 11) is 0. The molecule has 3 rings (SSSR count). The van der Waals surface area contributed by atoms with Crippen molar-refractivity contribution in [1.29, 1.82) is 5.26 Å². The van der Waals surface area contributed by atoms with Crippen molar-refractivity contribution in [3.05, 3.63) is 82.3 Å². The average Bonchev–Trinajstić information content (AvgIpc) is 2.79. The van der Waals surface area contributed by atoms with Crippen molar-refractivity contribution in [1.82, 2.24) is 10.3 Å². The van der Waals surface area contributed by atoms with Crippen molar-refractivity contribution in [3.63, 3.8) is 0 Å². The van der Waals surface area contributed by atoms with Crippen LogP contribution in [0.25, 0.3) is 0 Å². The summed E-state index contributed by atoms with van der Waals surface area (Å²) in [4.78, 5) is 17.4. The summed E-state index contributed by atoms with van der Waals surface area (Å²) in [5.74, 6) is 0.295. The van der Waals surface area contributed by atoms with E-state index in [0.29, 0.717) is 11.1 Å². The third-order valence-electron chi connectivity index (χ3n) is 5.21. The average molecular weight is 433 g/mol. The Balaban J connectivity index is 1.92. The fourth-order valence-electron chi connectivity index (χ4n) is 3.64. The molecule has 1 amide bonds. The number of benzene rings is 1. The highest BCUT2D eigenvalue weighted by Gasteiger charge is 2.34. The van der Waals surface area contributed by atoms with E-state index in [2.05, 4.69) is 28.6 Å². The minimum absolute atomic E-state index is 0.210. The third-order valence-corrected chi connectivity index (χ3v) is 6.31. The molecule has 2 heterocycles. The summed E-state index contributed by atoms with van der Waals surface area (Å²) in [5, 5.41) is 17.2. The number of amides is 1. The number of rotatable bonds is 9. The Morgan fingerprint density at radius 2 is 1.90 bits per heavy atom. The Kier molecular flexibility index (Phi) is 8.31. The number of thioether (sulfide) groups is 1. The Morgan fingerprint density at radius 3 is 2.58 bits per heavy atom. The number of aromatic nitrogens is 1. The number of hydrogen-bond acceptors (Lipinski definition) is 5. The molecule has 6 heteroatoms. The van der Waals surface area contributed by atoms with Crippen LogP contribution in [0.2, 0.25) is 0 Å². The fourth-order valence-corrected chi connectivity index (χ4v) is 4.74. The molecular formula is C25H28N4OS. The summed E-state index contributed by atoms with van der Waals surface area (Å²) in [6.45, 7) is 4.10. The molecular weight excluding hydrogens is 404 g/mol. The van der Waals surface area contributed by atoms with E-state index in [1.165, 1.54) is 19.3 Å². The van der Waals surface area contributed by atoms with Gasteiger partial charge < -0.3 is 10.6 Å². The normalized spacial score (nSPS) is 16.0. The smallest absolute Gasteiger partial charge is 0.254 e.